The van der Waals surface area contributed by atoms with Crippen LogP contribution in [0.5, 0.6) is 23.0 Å². The van der Waals surface area contributed by atoms with E-state index in [1.165, 1.54) is 5.56 Å². The number of piperidine rings is 2. The molecule has 0 spiro atoms. The summed E-state index contributed by atoms with van der Waals surface area (Å²) < 4.78 is 32.0. The molecule has 364 valence electrons. The summed E-state index contributed by atoms with van der Waals surface area (Å²) in [7, 11) is 0. The molecule has 6 aromatic rings. The van der Waals surface area contributed by atoms with Crippen LogP contribution in [0.4, 0.5) is 4.79 Å². The number of amides is 1. The number of carbonyl (C=O) groups is 1. The number of nitrogens with zero attached hydrogens (tertiary/aromatic N) is 7. The second-order valence-electron chi connectivity index (χ2n) is 19.1. The number of hydrogen-bond donors (Lipinski definition) is 1. The van der Waals surface area contributed by atoms with Gasteiger partial charge in [0.2, 0.25) is 0 Å². The van der Waals surface area contributed by atoms with Crippen LogP contribution in [-0.4, -0.2) is 123 Å². The number of ether oxygens (including phenoxy) is 5. The summed E-state index contributed by atoms with van der Waals surface area (Å²) in [4.78, 5) is 53.7. The number of fused-ring (bicyclic) bond motifs is 4. The first-order chi connectivity index (χ1) is 33.5. The Morgan fingerprint density at radius 3 is 1.67 bits per heavy atom. The van der Waals surface area contributed by atoms with E-state index in [4.69, 9.17) is 23.7 Å². The number of aromatic nitrogens is 4. The first-order valence-corrected chi connectivity index (χ1v) is 24.4. The van der Waals surface area contributed by atoms with E-state index in [1.54, 1.807) is 33.7 Å². The highest BCUT2D eigenvalue weighted by Gasteiger charge is 2.32. The standard InChI is InChI=1S/C29H36N4O5.C24H28N4O3/c1-29(2,3)38-28(35)33(20-21-6-8-24-25(19-21)37-18-17-36-24)23-10-13-31(14-11-23)15-16-32-26(34)9-7-22-5-4-12-30-27(22)32;29-23-6-4-19-2-1-9-25-24(19)28(23)13-12-27-10-7-20(8-11-27)26-17-18-3-5-21-22(16-18)31-15-14-30-21/h4-9,12,19,23H,10-11,13-18,20H2,1-3H3;1-6,9,16,20,26H,7-8,10-15,17H2. The molecule has 1 amide bonds. The van der Waals surface area contributed by atoms with Crippen molar-refractivity contribution in [2.24, 2.45) is 0 Å². The second-order valence-corrected chi connectivity index (χ2v) is 19.1. The number of pyridine rings is 4. The number of hydrogen-bond acceptors (Lipinski definition) is 13. The molecule has 69 heavy (non-hydrogen) atoms. The largest absolute Gasteiger partial charge is 0.486 e. The molecular weight excluding hydrogens is 877 g/mol. The van der Waals surface area contributed by atoms with Crippen molar-refractivity contribution in [3.05, 3.63) is 129 Å². The van der Waals surface area contributed by atoms with Crippen molar-refractivity contribution < 1.29 is 28.5 Å². The summed E-state index contributed by atoms with van der Waals surface area (Å²) in [5.41, 5.74) is 3.07. The number of likely N-dealkylation sites (tertiary alicyclic amines) is 2. The maximum absolute atomic E-state index is 13.3. The van der Waals surface area contributed by atoms with Gasteiger partial charge in [-0.05, 0) is 131 Å². The zero-order valence-electron chi connectivity index (χ0n) is 40.0. The number of carbonyl (C=O) groups excluding carboxylic acids is 1. The van der Waals surface area contributed by atoms with Crippen LogP contribution in [0.15, 0.2) is 107 Å². The van der Waals surface area contributed by atoms with Gasteiger partial charge in [0.25, 0.3) is 11.1 Å². The van der Waals surface area contributed by atoms with Gasteiger partial charge in [-0.3, -0.25) is 18.7 Å². The van der Waals surface area contributed by atoms with Crippen molar-refractivity contribution in [3.63, 3.8) is 0 Å². The predicted molar refractivity (Wildman–Crippen MR) is 264 cm³/mol. The van der Waals surface area contributed by atoms with E-state index >= 15 is 0 Å². The van der Waals surface area contributed by atoms with Crippen LogP contribution in [0.25, 0.3) is 22.1 Å². The number of rotatable bonds is 12. The Morgan fingerprint density at radius 1 is 0.638 bits per heavy atom. The third-order valence-corrected chi connectivity index (χ3v) is 13.1. The van der Waals surface area contributed by atoms with Crippen LogP contribution in [0, 0.1) is 0 Å². The average Bonchev–Trinajstić information content (AvgIpc) is 3.37. The molecule has 2 saturated heterocycles. The summed E-state index contributed by atoms with van der Waals surface area (Å²) in [6.45, 7) is 15.8. The molecule has 4 aromatic heterocycles. The molecule has 0 atom stereocenters. The monoisotopic (exact) mass is 940 g/mol. The maximum atomic E-state index is 13.3. The molecule has 1 N–H and O–H groups in total. The highest BCUT2D eigenvalue weighted by molar-refractivity contribution is 5.75. The van der Waals surface area contributed by atoms with Gasteiger partial charge in [-0.1, -0.05) is 12.1 Å². The lowest BCUT2D eigenvalue weighted by Crippen LogP contribution is -2.49. The molecule has 8 heterocycles. The van der Waals surface area contributed by atoms with Gasteiger partial charge in [0.1, 0.15) is 43.3 Å². The van der Waals surface area contributed by atoms with Gasteiger partial charge in [0.15, 0.2) is 23.0 Å². The molecule has 0 unspecified atom stereocenters. The summed E-state index contributed by atoms with van der Waals surface area (Å²) >= 11 is 0. The van der Waals surface area contributed by atoms with Gasteiger partial charge in [0.05, 0.1) is 0 Å². The van der Waals surface area contributed by atoms with Crippen LogP contribution in [0.3, 0.4) is 0 Å². The third-order valence-electron chi connectivity index (χ3n) is 13.1. The normalized spacial score (nSPS) is 16.7. The molecular formula is C53H64N8O8. The first kappa shape index (κ1) is 47.6. The zero-order valence-corrected chi connectivity index (χ0v) is 40.0. The Morgan fingerprint density at radius 2 is 1.13 bits per heavy atom. The van der Waals surface area contributed by atoms with E-state index in [0.29, 0.717) is 63.5 Å². The summed E-state index contributed by atoms with van der Waals surface area (Å²) in [5, 5.41) is 5.64. The Kier molecular flexibility index (Phi) is 15.1. The molecule has 2 aromatic carbocycles. The maximum Gasteiger partial charge on any atom is 0.410 e. The number of benzene rings is 2. The van der Waals surface area contributed by atoms with Gasteiger partial charge in [-0.2, -0.15) is 0 Å². The van der Waals surface area contributed by atoms with E-state index < -0.39 is 5.60 Å². The molecule has 0 aliphatic carbocycles. The van der Waals surface area contributed by atoms with Crippen LogP contribution in [0.2, 0.25) is 0 Å². The molecule has 0 saturated carbocycles. The fourth-order valence-electron chi connectivity index (χ4n) is 9.48. The highest BCUT2D eigenvalue weighted by atomic mass is 16.6. The lowest BCUT2D eigenvalue weighted by molar-refractivity contribution is 0.00562. The lowest BCUT2D eigenvalue weighted by atomic mass is 10.0. The van der Waals surface area contributed by atoms with Crippen LogP contribution >= 0.6 is 0 Å². The van der Waals surface area contributed by atoms with Crippen LogP contribution in [0.1, 0.15) is 57.6 Å². The SMILES string of the molecule is CC(C)(C)OC(=O)N(Cc1ccc2c(c1)OCCO2)C1CCN(CCn2c(=O)ccc3cccnc32)CC1.O=c1ccc2cccnc2n1CCN1CCC(NCc2ccc3c(c2)OCCO3)CC1. The molecule has 4 aliphatic heterocycles. The Balaban J connectivity index is 0.000000175. The minimum atomic E-state index is -0.581. The lowest BCUT2D eigenvalue weighted by Gasteiger charge is -2.39. The quantitative estimate of drug-likeness (QED) is 0.142. The van der Waals surface area contributed by atoms with Crippen LogP contribution in [-0.2, 0) is 30.9 Å². The predicted octanol–water partition coefficient (Wildman–Crippen LogP) is 6.49. The summed E-state index contributed by atoms with van der Waals surface area (Å²) in [6.07, 6.45) is 7.02. The Bertz CT molecular complexity index is 2830. The van der Waals surface area contributed by atoms with E-state index in [1.807, 2.05) is 86.3 Å². The molecule has 0 bridgehead atoms. The highest BCUT2D eigenvalue weighted by Crippen LogP contribution is 2.33. The third kappa shape index (κ3) is 12.2. The molecule has 16 heteroatoms. The molecule has 0 radical (unpaired) electrons. The van der Waals surface area contributed by atoms with Crippen molar-refractivity contribution in [3.8, 4) is 23.0 Å². The minimum absolute atomic E-state index is 0.0159. The van der Waals surface area contributed by atoms with E-state index in [9.17, 15) is 14.4 Å². The number of nitrogens with one attached hydrogen (secondary N) is 1. The first-order valence-electron chi connectivity index (χ1n) is 24.4. The molecule has 2 fully saturated rings. The van der Waals surface area contributed by atoms with E-state index in [-0.39, 0.29) is 23.3 Å². The smallest absolute Gasteiger partial charge is 0.410 e. The Labute approximate surface area is 402 Å². The second kappa shape index (κ2) is 21.9. The fourth-order valence-corrected chi connectivity index (χ4v) is 9.48. The van der Waals surface area contributed by atoms with Crippen molar-refractivity contribution in [2.45, 2.75) is 90.3 Å². The molecule has 10 rings (SSSR count). The molecule has 16 nitrogen and oxygen atoms in total. The van der Waals surface area contributed by atoms with Gasteiger partial charge < -0.3 is 43.7 Å². The summed E-state index contributed by atoms with van der Waals surface area (Å²) in [6, 6.07) is 27.2. The van der Waals surface area contributed by atoms with Gasteiger partial charge in [0, 0.05) is 99.7 Å². The van der Waals surface area contributed by atoms with Crippen molar-refractivity contribution >= 4 is 28.2 Å². The Hall–Kier alpha value is -6.49. The summed E-state index contributed by atoms with van der Waals surface area (Å²) in [5.74, 6) is 3.13. The van der Waals surface area contributed by atoms with Gasteiger partial charge in [-0.25, -0.2) is 14.8 Å². The van der Waals surface area contributed by atoms with Gasteiger partial charge in [-0.15, -0.1) is 0 Å². The van der Waals surface area contributed by atoms with Crippen LogP contribution < -0.4 is 35.4 Å². The van der Waals surface area contributed by atoms with E-state index in [0.717, 1.165) is 111 Å². The van der Waals surface area contributed by atoms with Crippen molar-refractivity contribution in [1.29, 1.82) is 0 Å². The fraction of sp³-hybridized carbons (Fsp3) is 0.453. The van der Waals surface area contributed by atoms with Gasteiger partial charge >= 0.3 is 6.09 Å². The molecule has 4 aliphatic rings. The van der Waals surface area contributed by atoms with E-state index in [2.05, 4.69) is 37.2 Å². The average molecular weight is 941 g/mol. The zero-order chi connectivity index (χ0) is 47.7. The van der Waals surface area contributed by atoms with Crippen molar-refractivity contribution in [1.82, 2.24) is 39.1 Å². The van der Waals surface area contributed by atoms with Crippen molar-refractivity contribution in [2.75, 3.05) is 65.7 Å². The topological polar surface area (TPSA) is 155 Å². The minimum Gasteiger partial charge on any atom is -0.486 e.